The first kappa shape index (κ1) is 29.1. The highest BCUT2D eigenvalue weighted by Gasteiger charge is 2.28. The molecule has 14 rings (SSSR count). The lowest BCUT2D eigenvalue weighted by Crippen LogP contribution is -2.06. The van der Waals surface area contributed by atoms with Gasteiger partial charge in [0.2, 0.25) is 5.95 Å². The third-order valence-electron chi connectivity index (χ3n) is 12.2. The van der Waals surface area contributed by atoms with Crippen LogP contribution in [0.4, 0.5) is 0 Å². The highest BCUT2D eigenvalue weighted by molar-refractivity contribution is 7.25. The largest absolute Gasteiger partial charge is 0.307 e. The van der Waals surface area contributed by atoms with E-state index in [9.17, 15) is 0 Å². The molecular formula is C50H27N5S. The van der Waals surface area contributed by atoms with Gasteiger partial charge in [-0.15, -0.1) is 11.3 Å². The van der Waals surface area contributed by atoms with Crippen LogP contribution >= 0.6 is 11.3 Å². The maximum absolute atomic E-state index is 5.74. The summed E-state index contributed by atoms with van der Waals surface area (Å²) >= 11 is 1.74. The van der Waals surface area contributed by atoms with Crippen LogP contribution in [0.5, 0.6) is 0 Å². The SMILES string of the molecule is c1ccc2c(c1)ccc1c3cc4c5ccccc5n(-c5nc(-n6c7ccccc7c7ccccc76)nc6sc7ccccc7c56)c4c4c5ccccc5n(c21)c34. The molecule has 5 nitrogen and oxygen atoms in total. The fourth-order valence-electron chi connectivity index (χ4n) is 9.97. The van der Waals surface area contributed by atoms with E-state index in [4.69, 9.17) is 9.97 Å². The van der Waals surface area contributed by atoms with E-state index in [1.165, 1.54) is 86.0 Å². The van der Waals surface area contributed by atoms with Gasteiger partial charge in [-0.25, -0.2) is 4.98 Å². The molecule has 6 heterocycles. The molecule has 0 unspecified atom stereocenters. The van der Waals surface area contributed by atoms with Crippen LogP contribution < -0.4 is 0 Å². The fraction of sp³-hybridized carbons (Fsp3) is 0. The van der Waals surface area contributed by atoms with Gasteiger partial charge >= 0.3 is 0 Å². The van der Waals surface area contributed by atoms with Gasteiger partial charge in [-0.1, -0.05) is 127 Å². The molecule has 56 heavy (non-hydrogen) atoms. The molecule has 0 spiro atoms. The molecule has 0 aliphatic rings. The minimum Gasteiger partial charge on any atom is -0.307 e. The zero-order valence-electron chi connectivity index (χ0n) is 29.7. The highest BCUT2D eigenvalue weighted by atomic mass is 32.1. The van der Waals surface area contributed by atoms with E-state index in [1.807, 2.05) is 0 Å². The van der Waals surface area contributed by atoms with Gasteiger partial charge in [-0.3, -0.25) is 9.13 Å². The standard InChI is InChI=1S/C50H27N5S/c1-2-14-29-28(13-1)25-26-33-37-27-36-32-17-5-10-22-40(32)55(47(36)43-34-18-6-11-23-41(34)54(45(29)33)46(37)43)48-44-35-19-7-12-24-42(35)56-49(44)52-50(51-48)53-38-20-8-3-15-30(38)31-16-4-9-21-39(31)53/h1-27H. The van der Waals surface area contributed by atoms with E-state index in [-0.39, 0.29) is 0 Å². The molecular weight excluding hydrogens is 703 g/mol. The van der Waals surface area contributed by atoms with Crippen LogP contribution in [0.15, 0.2) is 164 Å². The number of nitrogens with zero attached hydrogens (tertiary/aromatic N) is 5. The van der Waals surface area contributed by atoms with Crippen molar-refractivity contribution in [3.63, 3.8) is 0 Å². The first-order chi connectivity index (χ1) is 27.8. The second kappa shape index (κ2) is 10.3. The van der Waals surface area contributed by atoms with Crippen molar-refractivity contribution in [1.82, 2.24) is 23.5 Å². The van der Waals surface area contributed by atoms with Gasteiger partial charge in [0.05, 0.1) is 44.0 Å². The molecule has 0 aliphatic heterocycles. The second-order valence-corrected chi connectivity index (χ2v) is 16.0. The molecule has 0 radical (unpaired) electrons. The molecule has 0 amide bonds. The molecule has 0 aliphatic carbocycles. The van der Waals surface area contributed by atoms with Gasteiger partial charge < -0.3 is 4.40 Å². The van der Waals surface area contributed by atoms with Crippen LogP contribution in [0.25, 0.3) is 125 Å². The Morgan fingerprint density at radius 1 is 0.375 bits per heavy atom. The number of thiophene rings is 1. The average molecular weight is 730 g/mol. The Kier molecular flexibility index (Phi) is 5.34. The normalized spacial score (nSPS) is 12.6. The van der Waals surface area contributed by atoms with Crippen LogP contribution in [0.2, 0.25) is 0 Å². The Hall–Kier alpha value is -7.28. The van der Waals surface area contributed by atoms with Gasteiger partial charge in [-0.2, -0.15) is 4.98 Å². The van der Waals surface area contributed by atoms with Crippen molar-refractivity contribution in [2.75, 3.05) is 0 Å². The molecule has 6 heteroatoms. The minimum absolute atomic E-state index is 0.667. The summed E-state index contributed by atoms with van der Waals surface area (Å²) in [5, 5.41) is 14.6. The number of benzene rings is 8. The number of aromatic nitrogens is 5. The first-order valence-corrected chi connectivity index (χ1v) is 19.8. The van der Waals surface area contributed by atoms with Crippen molar-refractivity contribution >= 4 is 124 Å². The molecule has 0 saturated carbocycles. The summed E-state index contributed by atoms with van der Waals surface area (Å²) in [6.45, 7) is 0. The lowest BCUT2D eigenvalue weighted by atomic mass is 10.0. The summed E-state index contributed by atoms with van der Waals surface area (Å²) in [6.07, 6.45) is 0. The number of fused-ring (bicyclic) bond motifs is 18. The van der Waals surface area contributed by atoms with E-state index in [0.29, 0.717) is 5.95 Å². The zero-order valence-corrected chi connectivity index (χ0v) is 30.5. The zero-order chi connectivity index (χ0) is 36.2. The van der Waals surface area contributed by atoms with Crippen LogP contribution in [0, 0.1) is 0 Å². The Labute approximate surface area is 321 Å². The topological polar surface area (TPSA) is 40.0 Å². The maximum atomic E-state index is 5.74. The van der Waals surface area contributed by atoms with Gasteiger partial charge in [-0.05, 0) is 41.8 Å². The van der Waals surface area contributed by atoms with Gasteiger partial charge in [0.1, 0.15) is 4.83 Å². The average Bonchev–Trinajstić information content (AvgIpc) is 4.05. The number of rotatable bonds is 2. The van der Waals surface area contributed by atoms with Crippen LogP contribution in [-0.2, 0) is 0 Å². The molecule has 0 saturated heterocycles. The van der Waals surface area contributed by atoms with Crippen molar-refractivity contribution in [2.24, 2.45) is 0 Å². The van der Waals surface area contributed by atoms with Gasteiger partial charge in [0.25, 0.3) is 0 Å². The molecule has 0 bridgehead atoms. The van der Waals surface area contributed by atoms with Crippen LogP contribution in [0.1, 0.15) is 0 Å². The molecule has 0 atom stereocenters. The quantitative estimate of drug-likeness (QED) is 0.178. The van der Waals surface area contributed by atoms with Crippen molar-refractivity contribution < 1.29 is 0 Å². The Bertz CT molecular complexity index is 3960. The minimum atomic E-state index is 0.667. The second-order valence-electron chi connectivity index (χ2n) is 14.9. The molecule has 8 aromatic carbocycles. The number of para-hydroxylation sites is 4. The third kappa shape index (κ3) is 3.47. The van der Waals surface area contributed by atoms with Crippen molar-refractivity contribution in [1.29, 1.82) is 0 Å². The molecule has 0 fully saturated rings. The van der Waals surface area contributed by atoms with Crippen molar-refractivity contribution in [3.8, 4) is 11.8 Å². The van der Waals surface area contributed by atoms with Crippen LogP contribution in [0.3, 0.4) is 0 Å². The summed E-state index contributed by atoms with van der Waals surface area (Å²) in [4.78, 5) is 12.1. The first-order valence-electron chi connectivity index (χ1n) is 19.0. The van der Waals surface area contributed by atoms with Gasteiger partial charge in [0, 0.05) is 58.6 Å². The monoisotopic (exact) mass is 729 g/mol. The van der Waals surface area contributed by atoms with E-state index < -0.39 is 0 Å². The summed E-state index contributed by atoms with van der Waals surface area (Å²) in [5.74, 6) is 1.56. The molecule has 6 aromatic heterocycles. The summed E-state index contributed by atoms with van der Waals surface area (Å²) < 4.78 is 8.43. The smallest absolute Gasteiger partial charge is 0.238 e. The summed E-state index contributed by atoms with van der Waals surface area (Å²) in [5.41, 5.74) is 8.19. The molecule has 258 valence electrons. The van der Waals surface area contributed by atoms with Gasteiger partial charge in [0.15, 0.2) is 5.82 Å². The maximum Gasteiger partial charge on any atom is 0.238 e. The lowest BCUT2D eigenvalue weighted by molar-refractivity contribution is 0.977. The highest BCUT2D eigenvalue weighted by Crippen LogP contribution is 2.49. The van der Waals surface area contributed by atoms with Crippen LogP contribution in [-0.4, -0.2) is 23.5 Å². The number of hydrogen-bond acceptors (Lipinski definition) is 3. The predicted molar refractivity (Wildman–Crippen MR) is 236 cm³/mol. The predicted octanol–water partition coefficient (Wildman–Crippen LogP) is 13.3. The van der Waals surface area contributed by atoms with Crippen molar-refractivity contribution in [2.45, 2.75) is 0 Å². The lowest BCUT2D eigenvalue weighted by Gasteiger charge is -2.13. The fourth-order valence-corrected chi connectivity index (χ4v) is 11.0. The van der Waals surface area contributed by atoms with E-state index in [2.05, 4.69) is 177 Å². The third-order valence-corrected chi connectivity index (χ3v) is 13.2. The van der Waals surface area contributed by atoms with E-state index in [1.54, 1.807) is 11.3 Å². The summed E-state index contributed by atoms with van der Waals surface area (Å²) in [7, 11) is 0. The van der Waals surface area contributed by atoms with Crippen molar-refractivity contribution in [3.05, 3.63) is 164 Å². The number of hydrogen-bond donors (Lipinski definition) is 0. The molecule has 0 N–H and O–H groups in total. The Morgan fingerprint density at radius 3 is 1.70 bits per heavy atom. The Morgan fingerprint density at radius 2 is 0.946 bits per heavy atom. The van der Waals surface area contributed by atoms with E-state index in [0.717, 1.165) is 32.6 Å². The Balaban J connectivity index is 1.24. The van der Waals surface area contributed by atoms with E-state index >= 15 is 0 Å². The summed E-state index contributed by atoms with van der Waals surface area (Å²) in [6, 6.07) is 59.5. The molecule has 14 aromatic rings.